The van der Waals surface area contributed by atoms with E-state index in [1.807, 2.05) is 54.6 Å². The van der Waals surface area contributed by atoms with Crippen LogP contribution in [0.3, 0.4) is 0 Å². The quantitative estimate of drug-likeness (QED) is 0.181. The van der Waals surface area contributed by atoms with Gasteiger partial charge in [0.2, 0.25) is 5.95 Å². The van der Waals surface area contributed by atoms with Crippen molar-refractivity contribution >= 4 is 77.4 Å². The summed E-state index contributed by atoms with van der Waals surface area (Å²) >= 11 is 0. The number of hydrogen-bond acceptors (Lipinski definition) is 6. The van der Waals surface area contributed by atoms with E-state index < -0.39 is 0 Å². The van der Waals surface area contributed by atoms with E-state index in [1.165, 1.54) is 16.7 Å². The van der Waals surface area contributed by atoms with Crippen molar-refractivity contribution in [2.24, 2.45) is 0 Å². The lowest BCUT2D eigenvalue weighted by molar-refractivity contribution is 0.668. The van der Waals surface area contributed by atoms with Crippen molar-refractivity contribution in [2.45, 2.75) is 12.5 Å². The zero-order chi connectivity index (χ0) is 36.0. The Morgan fingerprint density at radius 3 is 1.73 bits per heavy atom. The largest absolute Gasteiger partial charge is 0.456 e. The SMILES string of the molecule is C1=C(c2ccccc2)CC2C(=C1)c1c(c3ccc4oc5ccccc5c4c3c3c1oc1ccccc13)N2c1nc(-c2ccccc2)nc(-c2ccccc2)n1. The molecule has 6 heteroatoms. The van der Waals surface area contributed by atoms with Crippen molar-refractivity contribution in [3.63, 3.8) is 0 Å². The molecule has 7 aromatic carbocycles. The molecular weight excluding hydrogens is 677 g/mol. The summed E-state index contributed by atoms with van der Waals surface area (Å²) in [6, 6.07) is 51.9. The molecule has 2 aliphatic rings. The molecule has 3 aromatic heterocycles. The van der Waals surface area contributed by atoms with E-state index in [2.05, 4.69) is 114 Å². The zero-order valence-electron chi connectivity index (χ0n) is 29.5. The Morgan fingerprint density at radius 2 is 1.05 bits per heavy atom. The molecule has 1 atom stereocenters. The number of anilines is 2. The Hall–Kier alpha value is -7.31. The number of aromatic nitrogens is 3. The smallest absolute Gasteiger partial charge is 0.234 e. The number of furan rings is 2. The molecule has 0 saturated carbocycles. The van der Waals surface area contributed by atoms with Crippen LogP contribution in [0.2, 0.25) is 0 Å². The third-order valence-corrected chi connectivity index (χ3v) is 11.2. The molecule has 0 bridgehead atoms. The fraction of sp³-hybridized carbons (Fsp3) is 0.0408. The molecule has 0 fully saturated rings. The fourth-order valence-corrected chi connectivity index (χ4v) is 8.84. The lowest BCUT2D eigenvalue weighted by Gasteiger charge is -2.29. The first-order valence-electron chi connectivity index (χ1n) is 18.6. The predicted octanol–water partition coefficient (Wildman–Crippen LogP) is 12.5. The van der Waals surface area contributed by atoms with Crippen LogP contribution in [0, 0.1) is 0 Å². The molecule has 0 saturated heterocycles. The van der Waals surface area contributed by atoms with Crippen LogP contribution in [-0.2, 0) is 0 Å². The van der Waals surface area contributed by atoms with Gasteiger partial charge in [-0.2, -0.15) is 9.97 Å². The first-order valence-corrected chi connectivity index (χ1v) is 18.6. The minimum absolute atomic E-state index is 0.122. The van der Waals surface area contributed by atoms with Gasteiger partial charge in [0, 0.05) is 49.0 Å². The van der Waals surface area contributed by atoms with Gasteiger partial charge in [0.05, 0.1) is 11.7 Å². The molecular formula is C49H30N4O2. The number of hydrogen-bond donors (Lipinski definition) is 0. The van der Waals surface area contributed by atoms with Crippen LogP contribution >= 0.6 is 0 Å². The van der Waals surface area contributed by atoms with Crippen molar-refractivity contribution in [1.29, 1.82) is 0 Å². The average Bonchev–Trinajstić information content (AvgIpc) is 3.94. The van der Waals surface area contributed by atoms with E-state index in [0.717, 1.165) is 83.4 Å². The third kappa shape index (κ3) is 4.45. The summed E-state index contributed by atoms with van der Waals surface area (Å²) in [6.07, 6.45) is 5.31. The van der Waals surface area contributed by atoms with Gasteiger partial charge >= 0.3 is 0 Å². The van der Waals surface area contributed by atoms with Crippen LogP contribution in [0.25, 0.3) is 88.6 Å². The number of benzene rings is 7. The molecule has 55 heavy (non-hydrogen) atoms. The topological polar surface area (TPSA) is 68.2 Å². The highest BCUT2D eigenvalue weighted by atomic mass is 16.3. The Morgan fingerprint density at radius 1 is 0.473 bits per heavy atom. The minimum atomic E-state index is -0.122. The first-order chi connectivity index (χ1) is 27.3. The van der Waals surface area contributed by atoms with Crippen LogP contribution in [0.15, 0.2) is 173 Å². The second-order valence-corrected chi connectivity index (χ2v) is 14.3. The normalized spacial score (nSPS) is 15.2. The molecule has 258 valence electrons. The maximum Gasteiger partial charge on any atom is 0.234 e. The summed E-state index contributed by atoms with van der Waals surface area (Å²) in [5.41, 5.74) is 11.0. The van der Waals surface area contributed by atoms with Crippen molar-refractivity contribution < 1.29 is 8.83 Å². The van der Waals surface area contributed by atoms with Gasteiger partial charge in [-0.25, -0.2) is 4.98 Å². The van der Waals surface area contributed by atoms with Gasteiger partial charge in [-0.15, -0.1) is 0 Å². The second kappa shape index (κ2) is 11.6. The molecule has 0 radical (unpaired) electrons. The summed E-state index contributed by atoms with van der Waals surface area (Å²) in [4.78, 5) is 18.1. The summed E-state index contributed by atoms with van der Waals surface area (Å²) in [5, 5.41) is 6.50. The standard InChI is InChI=1S/C49H30N4O2/c1-4-14-29(15-5-1)32-24-25-33-37(28-32)53(49-51-47(30-16-6-2-7-17-30)50-48(52-49)31-18-8-3-9-19-31)45-36-26-27-40-41(34-20-10-12-22-38(34)54-40)42(36)43-35-21-11-13-23-39(35)55-46(43)44(33)45/h1-27,37H,28H2. The Balaban J connectivity index is 1.24. The molecule has 10 aromatic rings. The molecule has 0 amide bonds. The maximum absolute atomic E-state index is 7.00. The molecule has 12 rings (SSSR count). The monoisotopic (exact) mass is 706 g/mol. The van der Waals surface area contributed by atoms with E-state index in [0.29, 0.717) is 17.6 Å². The third-order valence-electron chi connectivity index (χ3n) is 11.2. The molecule has 4 heterocycles. The first kappa shape index (κ1) is 30.2. The van der Waals surface area contributed by atoms with Crippen LogP contribution in [-0.4, -0.2) is 21.0 Å². The van der Waals surface area contributed by atoms with Crippen molar-refractivity contribution in [3.05, 3.63) is 175 Å². The van der Waals surface area contributed by atoms with Crippen LogP contribution in [0.5, 0.6) is 0 Å². The number of rotatable bonds is 4. The van der Waals surface area contributed by atoms with Crippen LogP contribution in [0.4, 0.5) is 11.6 Å². The highest BCUT2D eigenvalue weighted by Gasteiger charge is 2.43. The van der Waals surface area contributed by atoms with Gasteiger partial charge in [0.1, 0.15) is 22.3 Å². The summed E-state index contributed by atoms with van der Waals surface area (Å²) in [7, 11) is 0. The van der Waals surface area contributed by atoms with Crippen LogP contribution in [0.1, 0.15) is 17.5 Å². The minimum Gasteiger partial charge on any atom is -0.456 e. The second-order valence-electron chi connectivity index (χ2n) is 14.3. The zero-order valence-corrected chi connectivity index (χ0v) is 29.5. The van der Waals surface area contributed by atoms with E-state index >= 15 is 0 Å². The van der Waals surface area contributed by atoms with Gasteiger partial charge in [-0.05, 0) is 47.4 Å². The number of allylic oxidation sites excluding steroid dienone is 2. The van der Waals surface area contributed by atoms with Crippen molar-refractivity contribution in [2.75, 3.05) is 4.90 Å². The number of fused-ring (bicyclic) bond motifs is 14. The van der Waals surface area contributed by atoms with Gasteiger partial charge in [0.25, 0.3) is 0 Å². The predicted molar refractivity (Wildman–Crippen MR) is 222 cm³/mol. The molecule has 6 nitrogen and oxygen atoms in total. The molecule has 1 aliphatic heterocycles. The summed E-state index contributed by atoms with van der Waals surface area (Å²) < 4.78 is 13.5. The van der Waals surface area contributed by atoms with Crippen LogP contribution < -0.4 is 4.90 Å². The summed E-state index contributed by atoms with van der Waals surface area (Å²) in [5.74, 6) is 1.83. The lowest BCUT2D eigenvalue weighted by atomic mass is 9.87. The molecule has 0 N–H and O–H groups in total. The lowest BCUT2D eigenvalue weighted by Crippen LogP contribution is -2.30. The van der Waals surface area contributed by atoms with E-state index in [4.69, 9.17) is 23.8 Å². The number of para-hydroxylation sites is 2. The maximum atomic E-state index is 7.00. The van der Waals surface area contributed by atoms with Gasteiger partial charge in [-0.1, -0.05) is 140 Å². The van der Waals surface area contributed by atoms with Gasteiger partial charge < -0.3 is 13.7 Å². The van der Waals surface area contributed by atoms with Crippen molar-refractivity contribution in [1.82, 2.24) is 15.0 Å². The Kier molecular flexibility index (Phi) is 6.36. The van der Waals surface area contributed by atoms with E-state index in [-0.39, 0.29) is 6.04 Å². The Labute approximate surface area is 315 Å². The fourth-order valence-electron chi connectivity index (χ4n) is 8.84. The Bertz CT molecular complexity index is 3180. The highest BCUT2D eigenvalue weighted by molar-refractivity contribution is 6.35. The van der Waals surface area contributed by atoms with Gasteiger partial charge in [-0.3, -0.25) is 0 Å². The molecule has 0 spiro atoms. The number of nitrogens with zero attached hydrogens (tertiary/aromatic N) is 4. The van der Waals surface area contributed by atoms with Gasteiger partial charge in [0.15, 0.2) is 11.6 Å². The molecule has 1 aliphatic carbocycles. The summed E-state index contributed by atoms with van der Waals surface area (Å²) in [6.45, 7) is 0. The van der Waals surface area contributed by atoms with E-state index in [9.17, 15) is 0 Å². The highest BCUT2D eigenvalue weighted by Crippen LogP contribution is 2.57. The molecule has 1 unspecified atom stereocenters. The van der Waals surface area contributed by atoms with Crippen molar-refractivity contribution in [3.8, 4) is 22.8 Å². The van der Waals surface area contributed by atoms with E-state index in [1.54, 1.807) is 0 Å². The average molecular weight is 707 g/mol.